The summed E-state index contributed by atoms with van der Waals surface area (Å²) in [5.41, 5.74) is 5.71. The fraction of sp³-hybridized carbons (Fsp3) is 0.167. The minimum absolute atomic E-state index is 0.0943. The van der Waals surface area contributed by atoms with Gasteiger partial charge >= 0.3 is 0 Å². The van der Waals surface area contributed by atoms with Crippen molar-refractivity contribution in [3.05, 3.63) is 77.4 Å². The van der Waals surface area contributed by atoms with Crippen LogP contribution in [0.5, 0.6) is 0 Å². The van der Waals surface area contributed by atoms with E-state index < -0.39 is 0 Å². The van der Waals surface area contributed by atoms with Crippen molar-refractivity contribution in [1.82, 2.24) is 4.57 Å². The number of benzene rings is 3. The van der Waals surface area contributed by atoms with Crippen molar-refractivity contribution in [3.63, 3.8) is 0 Å². The van der Waals surface area contributed by atoms with Gasteiger partial charge in [0.15, 0.2) is 0 Å². The molecule has 0 saturated heterocycles. The first kappa shape index (κ1) is 17.2. The van der Waals surface area contributed by atoms with Crippen LogP contribution in [0.15, 0.2) is 60.7 Å². The molecule has 3 aromatic carbocycles. The number of aromatic nitrogens is 1. The van der Waals surface area contributed by atoms with Crippen molar-refractivity contribution in [1.29, 1.82) is 0 Å². The first-order valence-corrected chi connectivity index (χ1v) is 9.02. The smallest absolute Gasteiger partial charge is 0.150 e. The summed E-state index contributed by atoms with van der Waals surface area (Å²) >= 11 is 0. The van der Waals surface area contributed by atoms with E-state index in [1.165, 1.54) is 5.56 Å². The number of hydrogen-bond acceptors (Lipinski definition) is 2. The Hall–Kier alpha value is -3.20. The number of hydrogen-bond donors (Lipinski definition) is 0. The van der Waals surface area contributed by atoms with Crippen LogP contribution in [0.4, 0.5) is 0 Å². The largest absolute Gasteiger partial charge is 0.309 e. The van der Waals surface area contributed by atoms with Gasteiger partial charge in [0, 0.05) is 27.6 Å². The lowest BCUT2D eigenvalue weighted by Crippen LogP contribution is -2.10. The van der Waals surface area contributed by atoms with Crippen LogP contribution in [0.2, 0.25) is 0 Å². The molecule has 4 aromatic rings. The molecule has 3 heteroatoms. The van der Waals surface area contributed by atoms with Crippen LogP contribution in [0, 0.1) is 0 Å². The average Bonchev–Trinajstić information content (AvgIpc) is 3.00. The second-order valence-corrected chi connectivity index (χ2v) is 7.92. The molecule has 0 N–H and O–H groups in total. The third-order valence-electron chi connectivity index (χ3n) is 5.08. The third kappa shape index (κ3) is 2.85. The molecule has 0 aliphatic heterocycles. The minimum atomic E-state index is 0.0943. The van der Waals surface area contributed by atoms with E-state index in [4.69, 9.17) is 0 Å². The Morgan fingerprint density at radius 2 is 1.19 bits per heavy atom. The zero-order valence-electron chi connectivity index (χ0n) is 15.7. The van der Waals surface area contributed by atoms with Gasteiger partial charge in [0.1, 0.15) is 12.6 Å². The van der Waals surface area contributed by atoms with Gasteiger partial charge in [-0.1, -0.05) is 32.9 Å². The molecule has 27 heavy (non-hydrogen) atoms. The van der Waals surface area contributed by atoms with E-state index in [0.717, 1.165) is 40.1 Å². The molecule has 4 rings (SSSR count). The SMILES string of the molecule is CC(C)(C)c1ccc(-n2c3ccc(C=O)cc3c3cc(C=O)ccc32)cc1. The van der Waals surface area contributed by atoms with Crippen molar-refractivity contribution < 1.29 is 9.59 Å². The summed E-state index contributed by atoms with van der Waals surface area (Å²) in [6, 6.07) is 19.9. The summed E-state index contributed by atoms with van der Waals surface area (Å²) in [7, 11) is 0. The Balaban J connectivity index is 2.04. The monoisotopic (exact) mass is 355 g/mol. The zero-order valence-corrected chi connectivity index (χ0v) is 15.7. The summed E-state index contributed by atoms with van der Waals surface area (Å²) in [5.74, 6) is 0. The molecule has 0 atom stereocenters. The molecule has 0 saturated carbocycles. The van der Waals surface area contributed by atoms with Gasteiger partial charge in [0.2, 0.25) is 0 Å². The van der Waals surface area contributed by atoms with E-state index in [9.17, 15) is 9.59 Å². The van der Waals surface area contributed by atoms with Gasteiger partial charge in [0.05, 0.1) is 11.0 Å². The standard InChI is InChI=1S/C24H21NO2/c1-24(2,3)18-6-8-19(9-7-18)25-22-10-4-16(14-26)12-20(22)21-13-17(15-27)5-11-23(21)25/h4-15H,1-3H3. The first-order chi connectivity index (χ1) is 12.9. The highest BCUT2D eigenvalue weighted by Gasteiger charge is 2.16. The normalized spacial score (nSPS) is 11.8. The topological polar surface area (TPSA) is 39.1 Å². The molecule has 0 amide bonds. The van der Waals surface area contributed by atoms with E-state index in [1.807, 2.05) is 36.4 Å². The van der Waals surface area contributed by atoms with E-state index in [1.54, 1.807) is 0 Å². The zero-order chi connectivity index (χ0) is 19.2. The quantitative estimate of drug-likeness (QED) is 0.442. The summed E-state index contributed by atoms with van der Waals surface area (Å²) in [6.07, 6.45) is 1.70. The first-order valence-electron chi connectivity index (χ1n) is 9.02. The number of aldehydes is 2. The lowest BCUT2D eigenvalue weighted by molar-refractivity contribution is 0.111. The molecule has 0 unspecified atom stereocenters. The molecular formula is C24H21NO2. The summed E-state index contributed by atoms with van der Waals surface area (Å²) in [4.78, 5) is 22.5. The van der Waals surface area contributed by atoms with E-state index in [0.29, 0.717) is 11.1 Å². The Labute approximate surface area is 158 Å². The van der Waals surface area contributed by atoms with Crippen LogP contribution >= 0.6 is 0 Å². The Morgan fingerprint density at radius 1 is 0.704 bits per heavy atom. The number of fused-ring (bicyclic) bond motifs is 3. The van der Waals surface area contributed by atoms with Crippen LogP contribution in [-0.4, -0.2) is 17.1 Å². The lowest BCUT2D eigenvalue weighted by Gasteiger charge is -2.19. The van der Waals surface area contributed by atoms with E-state index >= 15 is 0 Å². The fourth-order valence-electron chi connectivity index (χ4n) is 3.59. The molecule has 0 bridgehead atoms. The highest BCUT2D eigenvalue weighted by atomic mass is 16.1. The number of carbonyl (C=O) groups excluding carboxylic acids is 2. The van der Waals surface area contributed by atoms with Crippen LogP contribution in [-0.2, 0) is 5.41 Å². The highest BCUT2D eigenvalue weighted by molar-refractivity contribution is 6.11. The maximum Gasteiger partial charge on any atom is 0.150 e. The number of rotatable bonds is 3. The molecule has 0 spiro atoms. The summed E-state index contributed by atoms with van der Waals surface area (Å²) < 4.78 is 2.18. The fourth-order valence-corrected chi connectivity index (χ4v) is 3.59. The molecule has 134 valence electrons. The van der Waals surface area contributed by atoms with Gasteiger partial charge in [0.25, 0.3) is 0 Å². The van der Waals surface area contributed by atoms with E-state index in [2.05, 4.69) is 49.6 Å². The number of nitrogens with zero attached hydrogens (tertiary/aromatic N) is 1. The van der Waals surface area contributed by atoms with Gasteiger partial charge < -0.3 is 4.57 Å². The predicted molar refractivity (Wildman–Crippen MR) is 110 cm³/mol. The Bertz CT molecular complexity index is 1110. The maximum absolute atomic E-state index is 11.3. The molecular weight excluding hydrogens is 334 g/mol. The molecule has 1 aromatic heterocycles. The molecule has 3 nitrogen and oxygen atoms in total. The van der Waals surface area contributed by atoms with Crippen molar-refractivity contribution in [3.8, 4) is 5.69 Å². The van der Waals surface area contributed by atoms with Gasteiger partial charge in [-0.05, 0) is 59.5 Å². The predicted octanol–water partition coefficient (Wildman–Crippen LogP) is 5.71. The summed E-state index contributed by atoms with van der Waals surface area (Å²) in [5, 5.41) is 1.94. The van der Waals surface area contributed by atoms with Gasteiger partial charge in [-0.15, -0.1) is 0 Å². The Morgan fingerprint density at radius 3 is 1.59 bits per heavy atom. The van der Waals surface area contributed by atoms with Crippen LogP contribution in [0.3, 0.4) is 0 Å². The van der Waals surface area contributed by atoms with Crippen molar-refractivity contribution in [2.45, 2.75) is 26.2 Å². The molecule has 0 radical (unpaired) electrons. The highest BCUT2D eigenvalue weighted by Crippen LogP contribution is 2.33. The van der Waals surface area contributed by atoms with Crippen LogP contribution in [0.1, 0.15) is 47.1 Å². The molecule has 0 aliphatic rings. The summed E-state index contributed by atoms with van der Waals surface area (Å²) in [6.45, 7) is 6.60. The van der Waals surface area contributed by atoms with E-state index in [-0.39, 0.29) is 5.41 Å². The second kappa shape index (κ2) is 6.20. The third-order valence-corrected chi connectivity index (χ3v) is 5.08. The van der Waals surface area contributed by atoms with Crippen molar-refractivity contribution in [2.75, 3.05) is 0 Å². The minimum Gasteiger partial charge on any atom is -0.309 e. The number of carbonyl (C=O) groups is 2. The Kier molecular flexibility index (Phi) is 3.96. The van der Waals surface area contributed by atoms with Crippen LogP contribution < -0.4 is 0 Å². The van der Waals surface area contributed by atoms with Crippen LogP contribution in [0.25, 0.3) is 27.5 Å². The molecule has 0 fully saturated rings. The van der Waals surface area contributed by atoms with Gasteiger partial charge in [-0.2, -0.15) is 0 Å². The average molecular weight is 355 g/mol. The van der Waals surface area contributed by atoms with Crippen molar-refractivity contribution >= 4 is 34.4 Å². The van der Waals surface area contributed by atoms with Gasteiger partial charge in [-0.25, -0.2) is 0 Å². The van der Waals surface area contributed by atoms with Gasteiger partial charge in [-0.3, -0.25) is 9.59 Å². The maximum atomic E-state index is 11.3. The molecule has 1 heterocycles. The molecule has 0 aliphatic carbocycles. The van der Waals surface area contributed by atoms with Crippen molar-refractivity contribution in [2.24, 2.45) is 0 Å². The lowest BCUT2D eigenvalue weighted by atomic mass is 9.87. The second-order valence-electron chi connectivity index (χ2n) is 7.92.